The van der Waals surface area contributed by atoms with Gasteiger partial charge in [0.1, 0.15) is 18.5 Å². The molecule has 0 amide bonds. The summed E-state index contributed by atoms with van der Waals surface area (Å²) in [6.07, 6.45) is -2.01. The molecule has 2 rings (SSSR count). The molecule has 1 aliphatic rings. The maximum Gasteiger partial charge on any atom is 0.417 e. The van der Waals surface area contributed by atoms with Crippen molar-refractivity contribution in [3.63, 3.8) is 0 Å². The van der Waals surface area contributed by atoms with Gasteiger partial charge in [0.15, 0.2) is 0 Å². The molecule has 0 aliphatic carbocycles. The normalized spacial score (nSPS) is 14.9. The van der Waals surface area contributed by atoms with Crippen LogP contribution in [0.5, 0.6) is 0 Å². The fourth-order valence-electron chi connectivity index (χ4n) is 1.55. The van der Waals surface area contributed by atoms with Crippen LogP contribution in [0.25, 0.3) is 5.57 Å². The highest BCUT2D eigenvalue weighted by atomic mass is 19.4. The number of hydrogen-bond acceptors (Lipinski definition) is 1. The van der Waals surface area contributed by atoms with E-state index >= 15 is 0 Å². The molecule has 0 saturated carbocycles. The minimum Gasteiger partial charge on any atom is -0.275 e. The van der Waals surface area contributed by atoms with E-state index in [4.69, 9.17) is 4.84 Å². The highest BCUT2D eigenvalue weighted by Gasteiger charge is 2.38. The molecule has 0 spiro atoms. The van der Waals surface area contributed by atoms with E-state index in [-0.39, 0.29) is 5.57 Å². The third kappa shape index (κ3) is 2.02. The highest BCUT2D eigenvalue weighted by molar-refractivity contribution is 6.10. The summed E-state index contributed by atoms with van der Waals surface area (Å²) in [5.74, 6) is -0.905. The zero-order valence-electron chi connectivity index (χ0n) is 8.75. The summed E-state index contributed by atoms with van der Waals surface area (Å²) in [6, 6.07) is 2.88. The molecule has 0 radical (unpaired) electrons. The molecule has 1 aromatic carbocycles. The SMILES string of the molecule is CO[N+]1=CC(c2c(F)cccc2C(F)(F)F)=C1. The first-order valence-electron chi connectivity index (χ1n) is 4.68. The molecule has 0 saturated heterocycles. The molecule has 1 aromatic rings. The van der Waals surface area contributed by atoms with Crippen molar-refractivity contribution in [2.24, 2.45) is 0 Å². The smallest absolute Gasteiger partial charge is 0.275 e. The minimum atomic E-state index is -4.58. The van der Waals surface area contributed by atoms with Gasteiger partial charge in [-0.2, -0.15) is 13.2 Å². The molecule has 0 N–H and O–H groups in total. The van der Waals surface area contributed by atoms with Crippen LogP contribution in [-0.2, 0) is 11.0 Å². The summed E-state index contributed by atoms with van der Waals surface area (Å²) in [6.45, 7) is 0. The number of hydrogen-bond donors (Lipinski definition) is 0. The summed E-state index contributed by atoms with van der Waals surface area (Å²) in [7, 11) is 1.36. The van der Waals surface area contributed by atoms with Gasteiger partial charge in [0.2, 0.25) is 12.4 Å². The maximum atomic E-state index is 13.5. The quantitative estimate of drug-likeness (QED) is 0.577. The van der Waals surface area contributed by atoms with Crippen LogP contribution in [0.15, 0.2) is 24.4 Å². The molecule has 1 heterocycles. The third-order valence-corrected chi connectivity index (χ3v) is 2.35. The Morgan fingerprint density at radius 2 is 1.88 bits per heavy atom. The Morgan fingerprint density at radius 3 is 2.41 bits per heavy atom. The fourth-order valence-corrected chi connectivity index (χ4v) is 1.55. The third-order valence-electron chi connectivity index (χ3n) is 2.35. The first-order chi connectivity index (χ1) is 7.93. The van der Waals surface area contributed by atoms with Gasteiger partial charge in [-0.1, -0.05) is 6.07 Å². The van der Waals surface area contributed by atoms with E-state index in [1.54, 1.807) is 0 Å². The first-order valence-corrected chi connectivity index (χ1v) is 4.68. The molecule has 6 heteroatoms. The number of nitrogens with zero attached hydrogens (tertiary/aromatic N) is 1. The van der Waals surface area contributed by atoms with Gasteiger partial charge in [0, 0.05) is 10.3 Å². The lowest BCUT2D eigenvalue weighted by atomic mass is 9.98. The molecule has 0 aromatic heterocycles. The van der Waals surface area contributed by atoms with Gasteiger partial charge in [-0.05, 0) is 12.1 Å². The summed E-state index contributed by atoms with van der Waals surface area (Å²) in [4.78, 5) is 4.70. The largest absolute Gasteiger partial charge is 0.417 e. The zero-order chi connectivity index (χ0) is 12.6. The van der Waals surface area contributed by atoms with E-state index in [9.17, 15) is 17.6 Å². The van der Waals surface area contributed by atoms with Crippen LogP contribution in [0.1, 0.15) is 11.1 Å². The van der Waals surface area contributed by atoms with Gasteiger partial charge in [0.05, 0.1) is 5.56 Å². The van der Waals surface area contributed by atoms with E-state index < -0.39 is 23.1 Å². The van der Waals surface area contributed by atoms with Crippen LogP contribution in [-0.4, -0.2) is 18.1 Å². The molecule has 0 fully saturated rings. The zero-order valence-corrected chi connectivity index (χ0v) is 8.75. The van der Waals surface area contributed by atoms with Crippen molar-refractivity contribution in [1.29, 1.82) is 0 Å². The fraction of sp³-hybridized carbons (Fsp3) is 0.182. The molecule has 90 valence electrons. The van der Waals surface area contributed by atoms with Crippen molar-refractivity contribution in [1.82, 2.24) is 0 Å². The highest BCUT2D eigenvalue weighted by Crippen LogP contribution is 2.36. The molecule has 17 heavy (non-hydrogen) atoms. The van der Waals surface area contributed by atoms with Crippen LogP contribution in [0.4, 0.5) is 17.6 Å². The van der Waals surface area contributed by atoms with Gasteiger partial charge in [0.25, 0.3) is 0 Å². The first kappa shape index (κ1) is 11.6. The maximum absolute atomic E-state index is 13.5. The van der Waals surface area contributed by atoms with Crippen molar-refractivity contribution in [3.05, 3.63) is 41.3 Å². The summed E-state index contributed by atoms with van der Waals surface area (Å²) in [5, 5.41) is 0. The Balaban J connectivity index is 2.47. The van der Waals surface area contributed by atoms with Crippen LogP contribution in [0.2, 0.25) is 0 Å². The molecule has 0 unspecified atom stereocenters. The molecule has 2 nitrogen and oxygen atoms in total. The van der Waals surface area contributed by atoms with E-state index in [0.717, 1.165) is 18.2 Å². The Labute approximate surface area is 94.4 Å². The van der Waals surface area contributed by atoms with Crippen molar-refractivity contribution in [3.8, 4) is 0 Å². The van der Waals surface area contributed by atoms with E-state index in [2.05, 4.69) is 0 Å². The second kappa shape index (κ2) is 3.87. The van der Waals surface area contributed by atoms with Crippen LogP contribution < -0.4 is 0 Å². The summed E-state index contributed by atoms with van der Waals surface area (Å²) < 4.78 is 52.7. The van der Waals surface area contributed by atoms with E-state index in [0.29, 0.717) is 0 Å². The lowest BCUT2D eigenvalue weighted by Gasteiger charge is -2.14. The lowest BCUT2D eigenvalue weighted by molar-refractivity contribution is -0.733. The second-order valence-corrected chi connectivity index (χ2v) is 3.42. The number of halogens is 4. The Bertz CT molecular complexity index is 517. The summed E-state index contributed by atoms with van der Waals surface area (Å²) >= 11 is 0. The second-order valence-electron chi connectivity index (χ2n) is 3.42. The topological polar surface area (TPSA) is 12.2 Å². The summed E-state index contributed by atoms with van der Waals surface area (Å²) in [5.41, 5.74) is -1.29. The number of rotatable bonds is 2. The molecule has 0 atom stereocenters. The Hall–Kier alpha value is -1.85. The van der Waals surface area contributed by atoms with E-state index in [1.807, 2.05) is 0 Å². The standard InChI is InChI=1S/C11H8F4NO/c1-17-16-5-7(6-16)10-8(11(13,14)15)3-2-4-9(10)12/h2-6H,1H3/q+1. The molecular weight excluding hydrogens is 238 g/mol. The van der Waals surface area contributed by atoms with Crippen molar-refractivity contribution >= 4 is 11.8 Å². The Morgan fingerprint density at radius 1 is 1.24 bits per heavy atom. The molecule has 0 bridgehead atoms. The van der Waals surface area contributed by atoms with Crippen LogP contribution in [0.3, 0.4) is 0 Å². The van der Waals surface area contributed by atoms with Crippen LogP contribution in [0, 0.1) is 5.82 Å². The predicted molar refractivity (Wildman–Crippen MR) is 52.7 cm³/mol. The lowest BCUT2D eigenvalue weighted by Crippen LogP contribution is -2.19. The number of allylic oxidation sites excluding steroid dienone is 1. The number of hydroxylamine groups is 1. The van der Waals surface area contributed by atoms with Gasteiger partial charge in [-0.3, -0.25) is 4.84 Å². The Kier molecular flexibility index (Phi) is 2.65. The van der Waals surface area contributed by atoms with Crippen molar-refractivity contribution in [2.75, 3.05) is 7.11 Å². The number of alkyl halides is 3. The number of benzene rings is 1. The van der Waals surface area contributed by atoms with Gasteiger partial charge >= 0.3 is 6.18 Å². The monoisotopic (exact) mass is 246 g/mol. The molecular formula is C11H8F4NO+. The van der Waals surface area contributed by atoms with Crippen molar-refractivity contribution < 1.29 is 27.1 Å². The van der Waals surface area contributed by atoms with Gasteiger partial charge in [-0.25, -0.2) is 4.39 Å². The van der Waals surface area contributed by atoms with Gasteiger partial charge in [-0.15, -0.1) is 0 Å². The average Bonchev–Trinajstić information content (AvgIpc) is 2.17. The van der Waals surface area contributed by atoms with Gasteiger partial charge < -0.3 is 0 Å². The van der Waals surface area contributed by atoms with Crippen molar-refractivity contribution in [2.45, 2.75) is 6.18 Å². The average molecular weight is 246 g/mol. The minimum absolute atomic E-state index is 0.150. The predicted octanol–water partition coefficient (Wildman–Crippen LogP) is 2.84. The van der Waals surface area contributed by atoms with E-state index in [1.165, 1.54) is 24.3 Å². The molecule has 1 aliphatic heterocycles. The van der Waals surface area contributed by atoms with Crippen LogP contribution >= 0.6 is 0 Å².